The lowest BCUT2D eigenvalue weighted by molar-refractivity contribution is 0.0634. The van der Waals surface area contributed by atoms with Crippen LogP contribution >= 0.6 is 12.4 Å². The minimum atomic E-state index is -0.118. The van der Waals surface area contributed by atoms with E-state index < -0.39 is 0 Å². The molecule has 2 heterocycles. The van der Waals surface area contributed by atoms with Gasteiger partial charge in [0, 0.05) is 43.9 Å². The topological polar surface area (TPSA) is 79.0 Å². The molecule has 1 aliphatic heterocycles. The fourth-order valence-corrected chi connectivity index (χ4v) is 2.85. The predicted molar refractivity (Wildman–Crippen MR) is 99.0 cm³/mol. The summed E-state index contributed by atoms with van der Waals surface area (Å²) < 4.78 is 5.81. The van der Waals surface area contributed by atoms with Gasteiger partial charge in [0.05, 0.1) is 6.10 Å². The Bertz CT molecular complexity index is 675. The minimum absolute atomic E-state index is 0. The number of hydrogen-bond acceptors (Lipinski definition) is 4. The Balaban J connectivity index is 0.00000225. The van der Waals surface area contributed by atoms with E-state index in [1.807, 2.05) is 25.1 Å². The SMILES string of the molecule is CC(OCCCNC(=O)c1n[nH]c2c1CNCC2)c1ccccc1.Cl. The average Bonchev–Trinajstić information content (AvgIpc) is 3.06. The predicted octanol–water partition coefficient (Wildman–Crippen LogP) is 2.37. The maximum atomic E-state index is 12.2. The highest BCUT2D eigenvalue weighted by Crippen LogP contribution is 2.16. The molecule has 0 spiro atoms. The zero-order valence-corrected chi connectivity index (χ0v) is 15.2. The zero-order valence-electron chi connectivity index (χ0n) is 14.4. The summed E-state index contributed by atoms with van der Waals surface area (Å²) in [7, 11) is 0. The fourth-order valence-electron chi connectivity index (χ4n) is 2.85. The number of aromatic nitrogens is 2. The number of carbonyl (C=O) groups excluding carboxylic acids is 1. The van der Waals surface area contributed by atoms with Gasteiger partial charge in [0.25, 0.3) is 5.91 Å². The van der Waals surface area contributed by atoms with E-state index in [4.69, 9.17) is 4.74 Å². The van der Waals surface area contributed by atoms with Crippen molar-refractivity contribution in [3.8, 4) is 0 Å². The van der Waals surface area contributed by atoms with Gasteiger partial charge in [-0.05, 0) is 18.9 Å². The number of rotatable bonds is 7. The first-order valence-corrected chi connectivity index (χ1v) is 8.47. The van der Waals surface area contributed by atoms with Crippen molar-refractivity contribution < 1.29 is 9.53 Å². The van der Waals surface area contributed by atoms with Gasteiger partial charge in [0.15, 0.2) is 5.69 Å². The molecule has 6 nitrogen and oxygen atoms in total. The molecule has 25 heavy (non-hydrogen) atoms. The van der Waals surface area contributed by atoms with Crippen LogP contribution in [0.25, 0.3) is 0 Å². The molecule has 136 valence electrons. The van der Waals surface area contributed by atoms with E-state index in [-0.39, 0.29) is 24.4 Å². The van der Waals surface area contributed by atoms with Gasteiger partial charge in [-0.3, -0.25) is 9.89 Å². The molecule has 1 atom stereocenters. The van der Waals surface area contributed by atoms with Crippen LogP contribution in [-0.4, -0.2) is 35.8 Å². The number of carbonyl (C=O) groups is 1. The molecule has 7 heteroatoms. The van der Waals surface area contributed by atoms with Crippen LogP contribution in [0.3, 0.4) is 0 Å². The Morgan fingerprint density at radius 1 is 1.36 bits per heavy atom. The summed E-state index contributed by atoms with van der Waals surface area (Å²) in [6.07, 6.45) is 1.72. The highest BCUT2D eigenvalue weighted by molar-refractivity contribution is 5.94. The quantitative estimate of drug-likeness (QED) is 0.659. The molecule has 1 amide bonds. The summed E-state index contributed by atoms with van der Waals surface area (Å²) in [4.78, 5) is 12.2. The number of H-pyrrole nitrogens is 1. The highest BCUT2D eigenvalue weighted by atomic mass is 35.5. The van der Waals surface area contributed by atoms with Crippen molar-refractivity contribution in [3.63, 3.8) is 0 Å². The first kappa shape index (κ1) is 19.4. The average molecular weight is 365 g/mol. The largest absolute Gasteiger partial charge is 0.374 e. The third-order valence-corrected chi connectivity index (χ3v) is 4.26. The van der Waals surface area contributed by atoms with Crippen LogP contribution in [0.1, 0.15) is 46.8 Å². The summed E-state index contributed by atoms with van der Waals surface area (Å²) >= 11 is 0. The van der Waals surface area contributed by atoms with Crippen LogP contribution in [0.2, 0.25) is 0 Å². The van der Waals surface area contributed by atoms with Crippen LogP contribution in [0.15, 0.2) is 30.3 Å². The molecule has 0 fully saturated rings. The molecule has 0 bridgehead atoms. The Morgan fingerprint density at radius 3 is 2.96 bits per heavy atom. The number of ether oxygens (including phenoxy) is 1. The molecular weight excluding hydrogens is 340 g/mol. The van der Waals surface area contributed by atoms with E-state index in [1.165, 1.54) is 0 Å². The molecular formula is C18H25ClN4O2. The van der Waals surface area contributed by atoms with E-state index in [1.54, 1.807) is 0 Å². The van der Waals surface area contributed by atoms with E-state index in [9.17, 15) is 4.79 Å². The summed E-state index contributed by atoms with van der Waals surface area (Å²) in [5, 5.41) is 13.3. The van der Waals surface area contributed by atoms with E-state index >= 15 is 0 Å². The number of hydrogen-bond donors (Lipinski definition) is 3. The number of nitrogens with one attached hydrogen (secondary N) is 3. The van der Waals surface area contributed by atoms with Crippen molar-refractivity contribution in [2.75, 3.05) is 19.7 Å². The molecule has 0 saturated heterocycles. The minimum Gasteiger partial charge on any atom is -0.374 e. The lowest BCUT2D eigenvalue weighted by Crippen LogP contribution is -2.29. The number of aromatic amines is 1. The van der Waals surface area contributed by atoms with Crippen molar-refractivity contribution >= 4 is 18.3 Å². The molecule has 0 aliphatic carbocycles. The summed E-state index contributed by atoms with van der Waals surface area (Å²) in [6.45, 7) is 4.85. The van der Waals surface area contributed by atoms with Crippen LogP contribution < -0.4 is 10.6 Å². The number of halogens is 1. The van der Waals surface area contributed by atoms with Crippen molar-refractivity contribution in [3.05, 3.63) is 52.8 Å². The van der Waals surface area contributed by atoms with Gasteiger partial charge in [0.2, 0.25) is 0 Å². The summed E-state index contributed by atoms with van der Waals surface area (Å²) in [6, 6.07) is 10.1. The van der Waals surface area contributed by atoms with E-state index in [2.05, 4.69) is 33.0 Å². The lowest BCUT2D eigenvalue weighted by atomic mass is 10.1. The van der Waals surface area contributed by atoms with Gasteiger partial charge in [-0.15, -0.1) is 12.4 Å². The maximum absolute atomic E-state index is 12.2. The first-order valence-electron chi connectivity index (χ1n) is 8.47. The molecule has 2 aromatic rings. The van der Waals surface area contributed by atoms with Gasteiger partial charge < -0.3 is 15.4 Å². The Morgan fingerprint density at radius 2 is 2.16 bits per heavy atom. The summed E-state index contributed by atoms with van der Waals surface area (Å²) in [5.41, 5.74) is 3.74. The molecule has 1 aromatic heterocycles. The Kier molecular flexibility index (Phi) is 7.43. The smallest absolute Gasteiger partial charge is 0.272 e. The number of fused-ring (bicyclic) bond motifs is 1. The standard InChI is InChI=1S/C18H24N4O2.ClH/c1-13(14-6-3-2-4-7-14)24-11-5-9-20-18(23)17-15-12-19-10-8-16(15)21-22-17;/h2-4,6-7,13,19H,5,8-12H2,1H3,(H,20,23)(H,21,22);1H. The Hall–Kier alpha value is -1.89. The van der Waals surface area contributed by atoms with Crippen molar-refractivity contribution in [1.82, 2.24) is 20.8 Å². The number of nitrogens with zero attached hydrogens (tertiary/aromatic N) is 1. The van der Waals surface area contributed by atoms with Crippen molar-refractivity contribution in [1.29, 1.82) is 0 Å². The molecule has 0 radical (unpaired) electrons. The van der Waals surface area contributed by atoms with Crippen molar-refractivity contribution in [2.45, 2.75) is 32.4 Å². The molecule has 1 aromatic carbocycles. The number of amides is 1. The van der Waals surface area contributed by atoms with Gasteiger partial charge in [-0.1, -0.05) is 30.3 Å². The Labute approximate surface area is 154 Å². The van der Waals surface area contributed by atoms with Crippen LogP contribution in [0, 0.1) is 0 Å². The van der Waals surface area contributed by atoms with E-state index in [0.717, 1.165) is 36.2 Å². The third-order valence-electron chi connectivity index (χ3n) is 4.26. The van der Waals surface area contributed by atoms with Gasteiger partial charge in [0.1, 0.15) is 0 Å². The number of benzene rings is 1. The molecule has 0 saturated carbocycles. The van der Waals surface area contributed by atoms with Crippen LogP contribution in [-0.2, 0) is 17.7 Å². The second kappa shape index (κ2) is 9.56. The fraction of sp³-hybridized carbons (Fsp3) is 0.444. The third kappa shape index (κ3) is 5.04. The highest BCUT2D eigenvalue weighted by Gasteiger charge is 2.21. The maximum Gasteiger partial charge on any atom is 0.272 e. The molecule has 1 unspecified atom stereocenters. The monoisotopic (exact) mass is 364 g/mol. The van der Waals surface area contributed by atoms with E-state index in [0.29, 0.717) is 25.4 Å². The zero-order chi connectivity index (χ0) is 16.8. The lowest BCUT2D eigenvalue weighted by Gasteiger charge is -2.14. The second-order valence-corrected chi connectivity index (χ2v) is 5.99. The van der Waals surface area contributed by atoms with Gasteiger partial charge in [-0.25, -0.2) is 0 Å². The van der Waals surface area contributed by atoms with Crippen LogP contribution in [0.4, 0.5) is 0 Å². The van der Waals surface area contributed by atoms with Crippen LogP contribution in [0.5, 0.6) is 0 Å². The van der Waals surface area contributed by atoms with Gasteiger partial charge >= 0.3 is 0 Å². The first-order chi connectivity index (χ1) is 11.8. The summed E-state index contributed by atoms with van der Waals surface area (Å²) in [5.74, 6) is -0.118. The normalized spacial score (nSPS) is 14.3. The van der Waals surface area contributed by atoms with Gasteiger partial charge in [-0.2, -0.15) is 5.10 Å². The molecule has 1 aliphatic rings. The van der Waals surface area contributed by atoms with Crippen molar-refractivity contribution in [2.24, 2.45) is 0 Å². The molecule has 3 rings (SSSR count). The second-order valence-electron chi connectivity index (χ2n) is 5.99. The molecule has 3 N–H and O–H groups in total.